The molecule has 3 N–H and O–H groups in total. The zero-order valence-corrected chi connectivity index (χ0v) is 27.9. The molecule has 4 heteroatoms. The number of nitrogens with one attached hydrogen (secondary N) is 1. The minimum Gasteiger partial charge on any atom is -0.456 e. The van der Waals surface area contributed by atoms with E-state index < -0.39 is 0 Å². The van der Waals surface area contributed by atoms with E-state index in [1.807, 2.05) is 103 Å². The van der Waals surface area contributed by atoms with Crippen LogP contribution >= 0.6 is 0 Å². The fourth-order valence-corrected chi connectivity index (χ4v) is 5.17. The molecule has 0 saturated heterocycles. The van der Waals surface area contributed by atoms with Crippen molar-refractivity contribution in [3.63, 3.8) is 0 Å². The monoisotopic (exact) mass is 629 g/mol. The lowest BCUT2D eigenvalue weighted by Crippen LogP contribution is -1.99. The van der Waals surface area contributed by atoms with Gasteiger partial charge in [0.1, 0.15) is 11.2 Å². The van der Waals surface area contributed by atoms with Crippen molar-refractivity contribution in [2.24, 2.45) is 10.7 Å². The first-order valence-corrected chi connectivity index (χ1v) is 15.9. The summed E-state index contributed by atoms with van der Waals surface area (Å²) in [5.41, 5.74) is 14.6. The molecule has 4 nitrogen and oxygen atoms in total. The lowest BCUT2D eigenvalue weighted by atomic mass is 10.0. The average Bonchev–Trinajstić information content (AvgIpc) is 3.52. The number of benzene rings is 6. The molecule has 240 valence electrons. The van der Waals surface area contributed by atoms with Gasteiger partial charge in [-0.05, 0) is 68.9 Å². The van der Waals surface area contributed by atoms with Crippen LogP contribution in [-0.4, -0.2) is 19.5 Å². The van der Waals surface area contributed by atoms with E-state index in [9.17, 15) is 0 Å². The fraction of sp³-hybridized carbons (Fsp3) is 0.0909. The number of hydrogen-bond donors (Lipinski definition) is 2. The van der Waals surface area contributed by atoms with Gasteiger partial charge in [-0.25, -0.2) is 0 Å². The number of allylic oxidation sites excluding steroid dienone is 1. The molecule has 6 aromatic carbocycles. The van der Waals surface area contributed by atoms with Crippen LogP contribution in [-0.2, 0) is 6.42 Å². The van der Waals surface area contributed by atoms with E-state index in [1.165, 1.54) is 23.7 Å². The van der Waals surface area contributed by atoms with Crippen LogP contribution in [0.1, 0.15) is 33.4 Å². The Labute approximate surface area is 284 Å². The zero-order chi connectivity index (χ0) is 34.1. The van der Waals surface area contributed by atoms with E-state index in [1.54, 1.807) is 0 Å². The van der Waals surface area contributed by atoms with Crippen molar-refractivity contribution in [3.8, 4) is 0 Å². The van der Waals surface area contributed by atoms with Crippen molar-refractivity contribution in [2.45, 2.75) is 20.3 Å². The molecule has 0 radical (unpaired) electrons. The molecular formula is C44H43N3O. The van der Waals surface area contributed by atoms with Gasteiger partial charge in [-0.1, -0.05) is 157 Å². The normalized spacial score (nSPS) is 10.5. The first kappa shape index (κ1) is 35.0. The van der Waals surface area contributed by atoms with Gasteiger partial charge in [-0.2, -0.15) is 0 Å². The van der Waals surface area contributed by atoms with Crippen molar-refractivity contribution in [3.05, 3.63) is 197 Å². The highest BCUT2D eigenvalue weighted by Crippen LogP contribution is 2.31. The number of rotatable bonds is 6. The fourth-order valence-electron chi connectivity index (χ4n) is 5.17. The summed E-state index contributed by atoms with van der Waals surface area (Å²) in [5.74, 6) is 0. The summed E-state index contributed by atoms with van der Waals surface area (Å²) in [6.45, 7) is 7.93. The number of aryl methyl sites for hydroxylation is 2. The van der Waals surface area contributed by atoms with Gasteiger partial charge in [0, 0.05) is 16.3 Å². The third-order valence-corrected chi connectivity index (χ3v) is 7.52. The topological polar surface area (TPSA) is 75.4 Å². The van der Waals surface area contributed by atoms with Crippen LogP contribution in [0, 0.1) is 19.3 Å². The molecule has 0 atom stereocenters. The first-order chi connectivity index (χ1) is 23.5. The van der Waals surface area contributed by atoms with Crippen LogP contribution in [0.4, 0.5) is 0 Å². The second-order valence-corrected chi connectivity index (χ2v) is 11.0. The minimum atomic E-state index is 0.575. The maximum absolute atomic E-state index is 7.97. The van der Waals surface area contributed by atoms with Crippen LogP contribution in [0.15, 0.2) is 173 Å². The molecule has 1 aromatic heterocycles. The van der Waals surface area contributed by atoms with Crippen LogP contribution in [0.25, 0.3) is 27.6 Å². The number of nitrogens with two attached hydrogens (primary N) is 1. The van der Waals surface area contributed by atoms with Crippen molar-refractivity contribution in [2.75, 3.05) is 7.05 Å². The Kier molecular flexibility index (Phi) is 13.4. The lowest BCUT2D eigenvalue weighted by Gasteiger charge is -2.03. The molecule has 0 spiro atoms. The molecule has 0 aliphatic rings. The smallest absolute Gasteiger partial charge is 0.136 e. The lowest BCUT2D eigenvalue weighted by molar-refractivity contribution is 0.669. The Bertz CT molecular complexity index is 2000. The molecule has 1 heterocycles. The number of aliphatic imine (C=N–C) groups is 1. The van der Waals surface area contributed by atoms with Crippen LogP contribution in [0.2, 0.25) is 0 Å². The van der Waals surface area contributed by atoms with Gasteiger partial charge >= 0.3 is 0 Å². The van der Waals surface area contributed by atoms with Crippen LogP contribution < -0.4 is 5.73 Å². The Morgan fingerprint density at radius 2 is 1.12 bits per heavy atom. The molecule has 0 aliphatic carbocycles. The number of para-hydroxylation sites is 1. The van der Waals surface area contributed by atoms with Crippen molar-refractivity contribution in [1.29, 1.82) is 5.41 Å². The maximum Gasteiger partial charge on any atom is 0.136 e. The van der Waals surface area contributed by atoms with E-state index in [0.717, 1.165) is 50.7 Å². The highest BCUT2D eigenvalue weighted by atomic mass is 16.3. The van der Waals surface area contributed by atoms with Crippen molar-refractivity contribution in [1.82, 2.24) is 0 Å². The second-order valence-electron chi connectivity index (χ2n) is 11.0. The van der Waals surface area contributed by atoms with E-state index in [4.69, 9.17) is 9.83 Å². The molecule has 0 amide bonds. The predicted octanol–water partition coefficient (Wildman–Crippen LogP) is 10.9. The maximum atomic E-state index is 7.97. The quantitative estimate of drug-likeness (QED) is 0.180. The molecule has 0 unspecified atom stereocenters. The summed E-state index contributed by atoms with van der Waals surface area (Å²) in [6, 6.07) is 52.6. The van der Waals surface area contributed by atoms with Gasteiger partial charge < -0.3 is 10.2 Å². The summed E-state index contributed by atoms with van der Waals surface area (Å²) < 4.78 is 5.96. The summed E-state index contributed by atoms with van der Waals surface area (Å²) in [4.78, 5) is 4.20. The molecular weight excluding hydrogens is 587 g/mol. The molecule has 7 rings (SSSR count). The van der Waals surface area contributed by atoms with E-state index in [0.29, 0.717) is 5.71 Å². The van der Waals surface area contributed by atoms with Gasteiger partial charge in [0.25, 0.3) is 0 Å². The number of hydrogen-bond acceptors (Lipinski definition) is 4. The van der Waals surface area contributed by atoms with Crippen LogP contribution in [0.3, 0.4) is 0 Å². The third kappa shape index (κ3) is 9.83. The summed E-state index contributed by atoms with van der Waals surface area (Å²) in [7, 11) is 1.50. The molecule has 7 aromatic rings. The first-order valence-electron chi connectivity index (χ1n) is 15.9. The summed E-state index contributed by atoms with van der Waals surface area (Å²) in [6.07, 6.45) is 2.93. The molecule has 0 aliphatic heterocycles. The molecule has 0 bridgehead atoms. The van der Waals surface area contributed by atoms with E-state index >= 15 is 0 Å². The highest BCUT2D eigenvalue weighted by molar-refractivity contribution is 6.10. The number of furan rings is 1. The molecule has 0 saturated carbocycles. The SMILES string of the molecule is C=N/C(=C\Cc1ccccc1)c1ccc2c(c1)oc1ccccc12.CN.Cc1cccc(C)c1.N=C(c1ccccc1)c1ccccc1. The summed E-state index contributed by atoms with van der Waals surface area (Å²) in [5, 5.41) is 10.2. The van der Waals surface area contributed by atoms with E-state index in [2.05, 4.69) is 92.0 Å². The van der Waals surface area contributed by atoms with Crippen molar-refractivity contribution < 1.29 is 4.42 Å². The number of fused-ring (bicyclic) bond motifs is 3. The van der Waals surface area contributed by atoms with E-state index in [-0.39, 0.29) is 0 Å². The Hall–Kier alpha value is -5.84. The Morgan fingerprint density at radius 3 is 1.67 bits per heavy atom. The van der Waals surface area contributed by atoms with Crippen molar-refractivity contribution >= 4 is 40.1 Å². The van der Waals surface area contributed by atoms with Gasteiger partial charge in [-0.3, -0.25) is 10.4 Å². The minimum absolute atomic E-state index is 0.575. The Morgan fingerprint density at radius 1 is 0.604 bits per heavy atom. The molecule has 0 fully saturated rings. The van der Waals surface area contributed by atoms with Crippen LogP contribution in [0.5, 0.6) is 0 Å². The van der Waals surface area contributed by atoms with Gasteiger partial charge in [0.2, 0.25) is 0 Å². The number of nitrogens with zero attached hydrogens (tertiary/aromatic N) is 1. The predicted molar refractivity (Wildman–Crippen MR) is 206 cm³/mol. The highest BCUT2D eigenvalue weighted by Gasteiger charge is 2.08. The zero-order valence-electron chi connectivity index (χ0n) is 27.9. The standard InChI is InChI=1S/C22H17NO.C13H11N.C8H10.CH5N/c1-23-20(14-11-16-7-3-2-4-8-16)17-12-13-19-18-9-5-6-10-21(18)24-22(19)15-17;14-13(11-7-3-1-4-8-11)12-9-5-2-6-10-12;1-7-4-3-5-8(2)6-7;1-2/h2-10,12-15H,1,11H2;1-10,14H;3-6H,1-2H3;2H2,1H3/b20-14-;;;. The molecule has 48 heavy (non-hydrogen) atoms. The average molecular weight is 630 g/mol. The largest absolute Gasteiger partial charge is 0.456 e. The van der Waals surface area contributed by atoms with Gasteiger partial charge in [-0.15, -0.1) is 0 Å². The third-order valence-electron chi connectivity index (χ3n) is 7.52. The van der Waals surface area contributed by atoms with Gasteiger partial charge in [0.15, 0.2) is 0 Å². The van der Waals surface area contributed by atoms with Gasteiger partial charge in [0.05, 0.1) is 11.4 Å². The Balaban J connectivity index is 0.000000182. The second kappa shape index (κ2) is 18.3. The summed E-state index contributed by atoms with van der Waals surface area (Å²) >= 11 is 0.